The van der Waals surface area contributed by atoms with E-state index >= 15 is 0 Å². The van der Waals surface area contributed by atoms with Crippen molar-refractivity contribution in [3.8, 4) is 5.75 Å². The molecule has 7 nitrogen and oxygen atoms in total. The Hall–Kier alpha value is -2.57. The number of carbonyl (C=O) groups is 3. The first-order chi connectivity index (χ1) is 12.7. The predicted octanol–water partition coefficient (Wildman–Crippen LogP) is 2.51. The highest BCUT2D eigenvalue weighted by Gasteiger charge is 2.39. The lowest BCUT2D eigenvalue weighted by Gasteiger charge is -2.32. The number of methoxy groups -OCH3 is 1. The lowest BCUT2D eigenvalue weighted by molar-refractivity contribution is -0.139. The van der Waals surface area contributed by atoms with Crippen LogP contribution in [0.5, 0.6) is 5.75 Å². The summed E-state index contributed by atoms with van der Waals surface area (Å²) in [5.41, 5.74) is 0.852. The maximum atomic E-state index is 12.8. The van der Waals surface area contributed by atoms with E-state index in [1.54, 1.807) is 18.1 Å². The third-order valence-electron chi connectivity index (χ3n) is 5.35. The number of rotatable bonds is 8. The zero-order chi connectivity index (χ0) is 20.2. The van der Waals surface area contributed by atoms with Crippen LogP contribution in [-0.4, -0.2) is 42.1 Å². The molecule has 1 aliphatic rings. The summed E-state index contributed by atoms with van der Waals surface area (Å²) in [6.45, 7) is 5.89. The maximum absolute atomic E-state index is 12.8. The number of nitrogens with zero attached hydrogens (tertiary/aromatic N) is 1. The van der Waals surface area contributed by atoms with Crippen LogP contribution in [0.3, 0.4) is 0 Å². The zero-order valence-electron chi connectivity index (χ0n) is 16.4. The number of carboxylic acids is 1. The van der Waals surface area contributed by atoms with Crippen molar-refractivity contribution < 1.29 is 24.2 Å². The highest BCUT2D eigenvalue weighted by molar-refractivity contribution is 6.01. The van der Waals surface area contributed by atoms with Gasteiger partial charge in [0.05, 0.1) is 25.1 Å². The van der Waals surface area contributed by atoms with Crippen molar-refractivity contribution in [2.24, 2.45) is 5.92 Å². The van der Waals surface area contributed by atoms with E-state index in [2.05, 4.69) is 5.32 Å². The molecule has 1 heterocycles. The molecule has 1 aromatic carbocycles. The van der Waals surface area contributed by atoms with E-state index in [1.165, 1.54) is 0 Å². The molecule has 1 unspecified atom stereocenters. The van der Waals surface area contributed by atoms with E-state index in [9.17, 15) is 19.5 Å². The van der Waals surface area contributed by atoms with E-state index in [4.69, 9.17) is 4.74 Å². The largest absolute Gasteiger partial charge is 0.495 e. The molecule has 27 heavy (non-hydrogen) atoms. The van der Waals surface area contributed by atoms with Gasteiger partial charge in [-0.15, -0.1) is 0 Å². The Morgan fingerprint density at radius 3 is 2.56 bits per heavy atom. The molecule has 1 aromatic rings. The van der Waals surface area contributed by atoms with Gasteiger partial charge in [-0.25, -0.2) is 0 Å². The van der Waals surface area contributed by atoms with Crippen molar-refractivity contribution in [2.45, 2.75) is 52.0 Å². The molecule has 1 atom stereocenters. The number of aliphatic carboxylic acids is 1. The van der Waals surface area contributed by atoms with Gasteiger partial charge in [0.25, 0.3) is 0 Å². The summed E-state index contributed by atoms with van der Waals surface area (Å²) >= 11 is 0. The van der Waals surface area contributed by atoms with E-state index in [0.717, 1.165) is 5.56 Å². The topological polar surface area (TPSA) is 95.9 Å². The van der Waals surface area contributed by atoms with Gasteiger partial charge in [-0.05, 0) is 37.5 Å². The molecule has 1 fully saturated rings. The molecular weight excluding hydrogens is 348 g/mol. The Morgan fingerprint density at radius 2 is 2.00 bits per heavy atom. The van der Waals surface area contributed by atoms with Crippen molar-refractivity contribution in [3.05, 3.63) is 23.8 Å². The molecule has 0 spiro atoms. The molecular formula is C20H28N2O5. The van der Waals surface area contributed by atoms with Gasteiger partial charge in [0.2, 0.25) is 11.8 Å². The quantitative estimate of drug-likeness (QED) is 0.727. The Morgan fingerprint density at radius 1 is 1.33 bits per heavy atom. The molecule has 0 aliphatic carbocycles. The van der Waals surface area contributed by atoms with Crippen molar-refractivity contribution >= 4 is 23.5 Å². The normalized spacial score (nSPS) is 17.1. The molecule has 148 valence electrons. The summed E-state index contributed by atoms with van der Waals surface area (Å²) in [7, 11) is 1.54. The molecule has 2 amide bonds. The minimum Gasteiger partial charge on any atom is -0.495 e. The van der Waals surface area contributed by atoms with Gasteiger partial charge in [-0.3, -0.25) is 14.4 Å². The van der Waals surface area contributed by atoms with Gasteiger partial charge >= 0.3 is 5.97 Å². The zero-order valence-corrected chi connectivity index (χ0v) is 16.4. The van der Waals surface area contributed by atoms with Crippen LogP contribution in [0.1, 0.15) is 45.1 Å². The van der Waals surface area contributed by atoms with Gasteiger partial charge in [0.1, 0.15) is 5.75 Å². The van der Waals surface area contributed by atoms with E-state index in [1.807, 2.05) is 32.9 Å². The summed E-state index contributed by atoms with van der Waals surface area (Å²) < 4.78 is 5.36. The Bertz CT molecular complexity index is 727. The fourth-order valence-corrected chi connectivity index (χ4v) is 3.50. The number of benzene rings is 1. The predicted molar refractivity (Wildman–Crippen MR) is 102 cm³/mol. The average Bonchev–Trinajstić information content (AvgIpc) is 3.02. The van der Waals surface area contributed by atoms with Crippen LogP contribution >= 0.6 is 0 Å². The number of nitrogens with one attached hydrogen (secondary N) is 1. The molecule has 7 heteroatoms. The molecule has 0 bridgehead atoms. The number of ether oxygens (including phenoxy) is 1. The first-order valence-corrected chi connectivity index (χ1v) is 9.24. The summed E-state index contributed by atoms with van der Waals surface area (Å²) in [6.07, 6.45) is 0.983. The standard InChI is InChI=1S/C20H28N2O5/c1-5-20(6-2,11-18(24)25)21-19(26)14-10-17(23)22(12-14)15-9-13(3)7-8-16(15)27-4/h7-9,14H,5-6,10-12H2,1-4H3,(H,21,26)(H,24,25). The Kier molecular flexibility index (Phi) is 6.46. The minimum absolute atomic E-state index is 0.0967. The second-order valence-corrected chi connectivity index (χ2v) is 7.13. The third kappa shape index (κ3) is 4.59. The second kappa shape index (κ2) is 8.41. The van der Waals surface area contributed by atoms with Crippen LogP contribution in [0, 0.1) is 12.8 Å². The van der Waals surface area contributed by atoms with Crippen molar-refractivity contribution in [1.82, 2.24) is 5.32 Å². The Balaban J connectivity index is 2.18. The molecule has 0 saturated carbocycles. The lowest BCUT2D eigenvalue weighted by atomic mass is 9.88. The van der Waals surface area contributed by atoms with Crippen molar-refractivity contribution in [2.75, 3.05) is 18.6 Å². The van der Waals surface area contributed by atoms with Crippen molar-refractivity contribution in [3.63, 3.8) is 0 Å². The molecule has 2 rings (SSSR count). The van der Waals surface area contributed by atoms with Gasteiger partial charge < -0.3 is 20.1 Å². The number of carboxylic acid groups (broad SMARTS) is 1. The SMILES string of the molecule is CCC(CC)(CC(=O)O)NC(=O)C1CC(=O)N(c2cc(C)ccc2OC)C1. The molecule has 0 radical (unpaired) electrons. The number of hydrogen-bond acceptors (Lipinski definition) is 4. The lowest BCUT2D eigenvalue weighted by Crippen LogP contribution is -2.51. The van der Waals surface area contributed by atoms with Crippen molar-refractivity contribution in [1.29, 1.82) is 0 Å². The van der Waals surface area contributed by atoms with Gasteiger partial charge in [0, 0.05) is 18.5 Å². The van der Waals surface area contributed by atoms with Crippen LogP contribution in [-0.2, 0) is 14.4 Å². The first kappa shape index (κ1) is 20.7. The molecule has 0 aromatic heterocycles. The summed E-state index contributed by atoms with van der Waals surface area (Å²) in [5, 5.41) is 12.1. The average molecular weight is 376 g/mol. The Labute approximate surface area is 159 Å². The molecule has 2 N–H and O–H groups in total. The van der Waals surface area contributed by atoms with Crippen LogP contribution in [0.4, 0.5) is 5.69 Å². The molecule has 1 saturated heterocycles. The second-order valence-electron chi connectivity index (χ2n) is 7.13. The summed E-state index contributed by atoms with van der Waals surface area (Å²) in [4.78, 5) is 38.1. The highest BCUT2D eigenvalue weighted by atomic mass is 16.5. The number of carbonyl (C=O) groups excluding carboxylic acids is 2. The van der Waals surface area contributed by atoms with Crippen LogP contribution in [0.15, 0.2) is 18.2 Å². The minimum atomic E-state index is -0.951. The maximum Gasteiger partial charge on any atom is 0.305 e. The fraction of sp³-hybridized carbons (Fsp3) is 0.550. The summed E-state index contributed by atoms with van der Waals surface area (Å²) in [5.74, 6) is -1.31. The van der Waals surface area contributed by atoms with E-state index in [-0.39, 0.29) is 31.2 Å². The number of hydrogen-bond donors (Lipinski definition) is 2. The van der Waals surface area contributed by atoms with Gasteiger partial charge in [-0.2, -0.15) is 0 Å². The van der Waals surface area contributed by atoms with Gasteiger partial charge in [-0.1, -0.05) is 19.9 Å². The smallest absolute Gasteiger partial charge is 0.305 e. The monoisotopic (exact) mass is 376 g/mol. The van der Waals surface area contributed by atoms with Crippen LogP contribution in [0.2, 0.25) is 0 Å². The first-order valence-electron chi connectivity index (χ1n) is 9.24. The molecule has 1 aliphatic heterocycles. The van der Waals surface area contributed by atoms with Crippen LogP contribution in [0.25, 0.3) is 0 Å². The number of anilines is 1. The van der Waals surface area contributed by atoms with Gasteiger partial charge in [0.15, 0.2) is 0 Å². The highest BCUT2D eigenvalue weighted by Crippen LogP contribution is 2.34. The number of aryl methyl sites for hydroxylation is 1. The van der Waals surface area contributed by atoms with E-state index in [0.29, 0.717) is 24.3 Å². The van der Waals surface area contributed by atoms with Crippen LogP contribution < -0.4 is 15.0 Å². The fourth-order valence-electron chi connectivity index (χ4n) is 3.50. The third-order valence-corrected chi connectivity index (χ3v) is 5.35. The van der Waals surface area contributed by atoms with E-state index < -0.39 is 17.4 Å². The number of amides is 2. The summed E-state index contributed by atoms with van der Waals surface area (Å²) in [6, 6.07) is 5.57.